The van der Waals surface area contributed by atoms with E-state index in [1.165, 1.54) is 13.8 Å². The van der Waals surface area contributed by atoms with Gasteiger partial charge in [-0.15, -0.1) is 0 Å². The van der Waals surface area contributed by atoms with Crippen LogP contribution in [0.4, 0.5) is 0 Å². The summed E-state index contributed by atoms with van der Waals surface area (Å²) < 4.78 is 0. The van der Waals surface area contributed by atoms with Crippen LogP contribution in [-0.4, -0.2) is 74.6 Å². The van der Waals surface area contributed by atoms with Gasteiger partial charge in [-0.25, -0.2) is 0 Å². The van der Waals surface area contributed by atoms with E-state index < -0.39 is 36.8 Å². The predicted octanol–water partition coefficient (Wildman–Crippen LogP) is -3.52. The molecule has 0 unspecified atom stereocenters. The first-order valence-electron chi connectivity index (χ1n) is 5.35. The maximum atomic E-state index is 10.5. The van der Waals surface area contributed by atoms with Crippen molar-refractivity contribution < 1.29 is 29.4 Å². The Kier molecular flexibility index (Phi) is 15.9. The van der Waals surface area contributed by atoms with Crippen molar-refractivity contribution in [1.29, 1.82) is 0 Å². The molecule has 0 spiro atoms. The van der Waals surface area contributed by atoms with Crippen molar-refractivity contribution in [3.8, 4) is 0 Å². The van der Waals surface area contributed by atoms with E-state index in [1.54, 1.807) is 0 Å². The van der Waals surface area contributed by atoms with Crippen molar-refractivity contribution in [3.63, 3.8) is 0 Å². The molecule has 0 bridgehead atoms. The molecule has 2 amide bonds. The molecule has 8 nitrogen and oxygen atoms in total. The van der Waals surface area contributed by atoms with Gasteiger partial charge in [-0.2, -0.15) is 0 Å². The Morgan fingerprint density at radius 3 is 1.19 bits per heavy atom. The van der Waals surface area contributed by atoms with Crippen LogP contribution >= 0.6 is 0 Å². The summed E-state index contributed by atoms with van der Waals surface area (Å²) in [6.07, 6.45) is 0. The number of nitrogens with one attached hydrogen (secondary N) is 2. The largest absolute Gasteiger partial charge is 2.00 e. The monoisotopic (exact) mass is 324 g/mol. The van der Waals surface area contributed by atoms with Crippen LogP contribution in [0, 0.1) is 0 Å². The first kappa shape index (κ1) is 24.6. The van der Waals surface area contributed by atoms with Gasteiger partial charge in [0.1, 0.15) is 0 Å². The van der Waals surface area contributed by atoms with Crippen LogP contribution in [0.15, 0.2) is 24.3 Å². The van der Waals surface area contributed by atoms with Crippen LogP contribution in [-0.2, 0) is 19.2 Å². The third-order valence-electron chi connectivity index (χ3n) is 1.56. The number of carbonyl (C=O) groups is 4. The Hall–Kier alpha value is -1.38. The molecule has 0 rings (SSSR count). The Balaban J connectivity index is -0.000000295. The minimum Gasteiger partial charge on any atom is -0.548 e. The number of carboxylic acid groups (broad SMARTS) is 2. The molecule has 0 radical (unpaired) electrons. The molecule has 21 heavy (non-hydrogen) atoms. The molecule has 0 aliphatic rings. The average molecular weight is 324 g/mol. The molecule has 0 saturated carbocycles. The van der Waals surface area contributed by atoms with Gasteiger partial charge in [-0.05, 0) is 13.8 Å². The van der Waals surface area contributed by atoms with Gasteiger partial charge in [0.25, 0.3) is 0 Å². The van der Waals surface area contributed by atoms with E-state index in [9.17, 15) is 29.4 Å². The molecule has 112 valence electrons. The minimum absolute atomic E-state index is 0. The quantitative estimate of drug-likeness (QED) is 0.383. The topological polar surface area (TPSA) is 138 Å². The Morgan fingerprint density at radius 1 is 0.810 bits per heavy atom. The summed E-state index contributed by atoms with van der Waals surface area (Å²) in [5, 5.41) is 23.7. The molecule has 0 aromatic heterocycles. The summed E-state index contributed by atoms with van der Waals surface area (Å²) in [7, 11) is 0. The smallest absolute Gasteiger partial charge is 0.548 e. The number of amides is 2. The van der Waals surface area contributed by atoms with Crippen LogP contribution in [0.5, 0.6) is 0 Å². The SMILES string of the molecule is C=C(C)C(=O)NCC(=O)[O-].C=C(C)C(=O)NCC(=O)[O-].[Ca+2]. The summed E-state index contributed by atoms with van der Waals surface area (Å²) in [4.78, 5) is 40.6. The molecular weight excluding hydrogens is 308 g/mol. The summed E-state index contributed by atoms with van der Waals surface area (Å²) in [6, 6.07) is 0. The molecule has 0 aromatic rings. The third-order valence-corrected chi connectivity index (χ3v) is 1.56. The van der Waals surface area contributed by atoms with E-state index in [0.717, 1.165) is 0 Å². The van der Waals surface area contributed by atoms with Crippen molar-refractivity contribution in [3.05, 3.63) is 24.3 Å². The number of hydrogen-bond acceptors (Lipinski definition) is 6. The van der Waals surface area contributed by atoms with Crippen LogP contribution in [0.1, 0.15) is 13.8 Å². The van der Waals surface area contributed by atoms with Crippen molar-refractivity contribution in [2.45, 2.75) is 13.8 Å². The normalized spacial score (nSPS) is 8.10. The number of carbonyl (C=O) groups excluding carboxylic acids is 4. The van der Waals surface area contributed by atoms with E-state index >= 15 is 0 Å². The molecule has 2 N–H and O–H groups in total. The fourth-order valence-electron chi connectivity index (χ4n) is 0.607. The maximum Gasteiger partial charge on any atom is 2.00 e. The van der Waals surface area contributed by atoms with Gasteiger partial charge in [-0.3, -0.25) is 9.59 Å². The molecule has 0 aliphatic heterocycles. The molecule has 0 aliphatic carbocycles. The van der Waals surface area contributed by atoms with Crippen molar-refractivity contribution in [1.82, 2.24) is 10.6 Å². The van der Waals surface area contributed by atoms with E-state index in [-0.39, 0.29) is 48.9 Å². The fraction of sp³-hybridized carbons (Fsp3) is 0.333. The van der Waals surface area contributed by atoms with E-state index in [0.29, 0.717) is 0 Å². The van der Waals surface area contributed by atoms with Crippen molar-refractivity contribution >= 4 is 61.5 Å². The van der Waals surface area contributed by atoms with Gasteiger partial charge in [-0.1, -0.05) is 13.2 Å². The van der Waals surface area contributed by atoms with Crippen LogP contribution in [0.25, 0.3) is 0 Å². The fourth-order valence-corrected chi connectivity index (χ4v) is 0.607. The van der Waals surface area contributed by atoms with Crippen LogP contribution in [0.3, 0.4) is 0 Å². The minimum atomic E-state index is -1.31. The molecule has 0 atom stereocenters. The number of aliphatic carboxylic acids is 2. The summed E-state index contributed by atoms with van der Waals surface area (Å²) in [6.45, 7) is 8.66. The second-order valence-electron chi connectivity index (χ2n) is 3.67. The third kappa shape index (κ3) is 18.6. The molecule has 0 saturated heterocycles. The summed E-state index contributed by atoms with van der Waals surface area (Å²) >= 11 is 0. The number of carboxylic acids is 2. The van der Waals surface area contributed by atoms with E-state index in [1.807, 2.05) is 0 Å². The number of hydrogen-bond donors (Lipinski definition) is 2. The van der Waals surface area contributed by atoms with Gasteiger partial charge in [0, 0.05) is 11.1 Å². The molecule has 9 heteroatoms. The average Bonchev–Trinajstić information content (AvgIpc) is 2.33. The zero-order valence-corrected chi connectivity index (χ0v) is 14.2. The maximum absolute atomic E-state index is 10.5. The second kappa shape index (κ2) is 13.6. The Morgan fingerprint density at radius 2 is 1.05 bits per heavy atom. The van der Waals surface area contributed by atoms with Gasteiger partial charge in [0.15, 0.2) is 0 Å². The first-order valence-corrected chi connectivity index (χ1v) is 5.35. The molecule has 0 aromatic carbocycles. The zero-order chi connectivity index (χ0) is 16.3. The Bertz CT molecular complexity index is 393. The van der Waals surface area contributed by atoms with E-state index in [4.69, 9.17) is 0 Å². The number of rotatable bonds is 6. The van der Waals surface area contributed by atoms with Gasteiger partial charge < -0.3 is 30.4 Å². The van der Waals surface area contributed by atoms with Gasteiger partial charge in [0.2, 0.25) is 11.8 Å². The first-order chi connectivity index (χ1) is 9.07. The molecule has 0 heterocycles. The Labute approximate surface area is 152 Å². The summed E-state index contributed by atoms with van der Waals surface area (Å²) in [5.74, 6) is -3.56. The van der Waals surface area contributed by atoms with Crippen LogP contribution < -0.4 is 20.8 Å². The van der Waals surface area contributed by atoms with Gasteiger partial charge >= 0.3 is 37.7 Å². The van der Waals surface area contributed by atoms with Gasteiger partial charge in [0.05, 0.1) is 25.0 Å². The van der Waals surface area contributed by atoms with Crippen molar-refractivity contribution in [2.75, 3.05) is 13.1 Å². The summed E-state index contributed by atoms with van der Waals surface area (Å²) in [5.41, 5.74) is 0.558. The van der Waals surface area contributed by atoms with Crippen molar-refractivity contribution in [2.24, 2.45) is 0 Å². The molecular formula is C12H16CaN2O6. The van der Waals surface area contributed by atoms with Crippen LogP contribution in [0.2, 0.25) is 0 Å². The molecule has 0 fully saturated rings. The van der Waals surface area contributed by atoms with E-state index in [2.05, 4.69) is 23.8 Å². The standard InChI is InChI=1S/2C6H9NO3.Ca/c2*1-4(2)6(10)7-3-5(8)9;/h2*1,3H2,2H3,(H,7,10)(H,8,9);/q;;+2/p-2. The predicted molar refractivity (Wildman–Crippen MR) is 71.4 cm³/mol. The second-order valence-corrected chi connectivity index (χ2v) is 3.67. The zero-order valence-electron chi connectivity index (χ0n) is 12.0.